The zero-order valence-corrected chi connectivity index (χ0v) is 14.7. The first-order chi connectivity index (χ1) is 11.7. The summed E-state index contributed by atoms with van der Waals surface area (Å²) in [6, 6.07) is 3.23. The number of nitrogens with zero attached hydrogens (tertiary/aromatic N) is 4. The van der Waals surface area contributed by atoms with E-state index in [-0.39, 0.29) is 0 Å². The van der Waals surface area contributed by atoms with Gasteiger partial charge in [-0.1, -0.05) is 0 Å². The van der Waals surface area contributed by atoms with Gasteiger partial charge in [0.1, 0.15) is 12.4 Å². The van der Waals surface area contributed by atoms with Crippen molar-refractivity contribution in [1.82, 2.24) is 14.9 Å². The molecular weight excluding hydrogens is 302 g/mol. The maximum Gasteiger partial charge on any atom is 0.156 e. The van der Waals surface area contributed by atoms with Crippen LogP contribution in [0.4, 0.5) is 5.82 Å². The zero-order valence-electron chi connectivity index (χ0n) is 14.7. The lowest BCUT2D eigenvalue weighted by atomic mass is 9.78. The van der Waals surface area contributed by atoms with Gasteiger partial charge < -0.3 is 15.4 Å². The molecule has 132 valence electrons. The van der Waals surface area contributed by atoms with Crippen molar-refractivity contribution in [1.29, 1.82) is 0 Å². The topological polar surface area (TPSA) is 67.5 Å². The Morgan fingerprint density at radius 1 is 1.21 bits per heavy atom. The van der Waals surface area contributed by atoms with Crippen LogP contribution >= 0.6 is 0 Å². The van der Waals surface area contributed by atoms with Crippen molar-refractivity contribution >= 4 is 5.82 Å². The van der Waals surface area contributed by atoms with Crippen molar-refractivity contribution in [3.05, 3.63) is 17.6 Å². The highest BCUT2D eigenvalue weighted by Crippen LogP contribution is 2.36. The molecule has 4 rings (SSSR count). The van der Waals surface area contributed by atoms with Gasteiger partial charge in [-0.15, -0.1) is 0 Å². The molecule has 1 saturated carbocycles. The second-order valence-electron chi connectivity index (χ2n) is 7.56. The molecule has 24 heavy (non-hydrogen) atoms. The molecule has 0 radical (unpaired) electrons. The van der Waals surface area contributed by atoms with Crippen LogP contribution in [-0.4, -0.2) is 60.2 Å². The number of ether oxygens (including phenoxy) is 1. The lowest BCUT2D eigenvalue weighted by molar-refractivity contribution is 0.177. The molecule has 2 aliphatic heterocycles. The Bertz CT molecular complexity index is 575. The molecular formula is C18H29N5O. The van der Waals surface area contributed by atoms with Gasteiger partial charge in [-0.3, -0.25) is 4.90 Å². The number of nitrogens with two attached hydrogens (primary N) is 1. The number of methoxy groups -OCH3 is 1. The molecule has 2 N–H and O–H groups in total. The number of rotatable bonds is 4. The van der Waals surface area contributed by atoms with Gasteiger partial charge in [0.05, 0.1) is 0 Å². The van der Waals surface area contributed by atoms with Gasteiger partial charge in [0.25, 0.3) is 0 Å². The predicted molar refractivity (Wildman–Crippen MR) is 94.1 cm³/mol. The van der Waals surface area contributed by atoms with E-state index in [1.54, 1.807) is 7.11 Å². The van der Waals surface area contributed by atoms with E-state index in [2.05, 4.69) is 15.9 Å². The summed E-state index contributed by atoms with van der Waals surface area (Å²) in [7, 11) is 1.71. The van der Waals surface area contributed by atoms with Crippen molar-refractivity contribution in [2.24, 2.45) is 5.73 Å². The second kappa shape index (κ2) is 6.94. The summed E-state index contributed by atoms with van der Waals surface area (Å²) >= 11 is 0. The largest absolute Gasteiger partial charge is 0.377 e. The summed E-state index contributed by atoms with van der Waals surface area (Å²) in [5, 5.41) is 0. The third-order valence-corrected chi connectivity index (χ3v) is 5.77. The van der Waals surface area contributed by atoms with Crippen molar-refractivity contribution in [2.75, 3.05) is 38.2 Å². The molecule has 2 saturated heterocycles. The predicted octanol–water partition coefficient (Wildman–Crippen LogP) is 1.50. The minimum absolute atomic E-state index is 0.338. The SMILES string of the molecule is COCc1nc(C2CC(N)C2)cc(N2CCCN3CCC[C@H]3C2)n1. The average molecular weight is 331 g/mol. The smallest absolute Gasteiger partial charge is 0.156 e. The van der Waals surface area contributed by atoms with E-state index in [0.717, 1.165) is 43.3 Å². The highest BCUT2D eigenvalue weighted by molar-refractivity contribution is 5.42. The summed E-state index contributed by atoms with van der Waals surface area (Å²) in [6.07, 6.45) is 5.95. The molecule has 3 heterocycles. The van der Waals surface area contributed by atoms with Crippen LogP contribution in [0.25, 0.3) is 0 Å². The molecule has 3 aliphatic rings. The lowest BCUT2D eigenvalue weighted by Crippen LogP contribution is -2.38. The molecule has 6 heteroatoms. The Labute approximate surface area is 144 Å². The molecule has 0 aromatic carbocycles. The minimum atomic E-state index is 0.338. The van der Waals surface area contributed by atoms with E-state index in [0.29, 0.717) is 24.6 Å². The van der Waals surface area contributed by atoms with Gasteiger partial charge in [-0.05, 0) is 38.6 Å². The van der Waals surface area contributed by atoms with Gasteiger partial charge in [0.2, 0.25) is 0 Å². The van der Waals surface area contributed by atoms with Crippen molar-refractivity contribution in [3.63, 3.8) is 0 Å². The van der Waals surface area contributed by atoms with Crippen molar-refractivity contribution in [2.45, 2.75) is 56.7 Å². The minimum Gasteiger partial charge on any atom is -0.377 e. The fourth-order valence-corrected chi connectivity index (χ4v) is 4.39. The van der Waals surface area contributed by atoms with E-state index in [1.807, 2.05) is 0 Å². The van der Waals surface area contributed by atoms with Crippen LogP contribution in [0.3, 0.4) is 0 Å². The normalized spacial score (nSPS) is 30.8. The van der Waals surface area contributed by atoms with Crippen LogP contribution < -0.4 is 10.6 Å². The summed E-state index contributed by atoms with van der Waals surface area (Å²) in [5.74, 6) is 2.38. The monoisotopic (exact) mass is 331 g/mol. The maximum absolute atomic E-state index is 5.98. The molecule has 0 bridgehead atoms. The molecule has 1 atom stereocenters. The first-order valence-electron chi connectivity index (χ1n) is 9.34. The molecule has 0 amide bonds. The molecule has 0 unspecified atom stereocenters. The number of hydrogen-bond donors (Lipinski definition) is 1. The van der Waals surface area contributed by atoms with Gasteiger partial charge in [-0.2, -0.15) is 0 Å². The Kier molecular flexibility index (Phi) is 4.70. The lowest BCUT2D eigenvalue weighted by Gasteiger charge is -2.33. The molecule has 1 aromatic rings. The number of fused-ring (bicyclic) bond motifs is 1. The molecule has 0 spiro atoms. The summed E-state index contributed by atoms with van der Waals surface area (Å²) in [5.41, 5.74) is 7.13. The first-order valence-corrected chi connectivity index (χ1v) is 9.34. The van der Waals surface area contributed by atoms with Crippen LogP contribution in [-0.2, 0) is 11.3 Å². The number of hydrogen-bond acceptors (Lipinski definition) is 6. The third kappa shape index (κ3) is 3.27. The van der Waals surface area contributed by atoms with Gasteiger partial charge >= 0.3 is 0 Å². The third-order valence-electron chi connectivity index (χ3n) is 5.77. The van der Waals surface area contributed by atoms with Gasteiger partial charge in [0.15, 0.2) is 5.82 Å². The van der Waals surface area contributed by atoms with Crippen molar-refractivity contribution < 1.29 is 4.74 Å². The van der Waals surface area contributed by atoms with Crippen molar-refractivity contribution in [3.8, 4) is 0 Å². The zero-order chi connectivity index (χ0) is 16.5. The van der Waals surface area contributed by atoms with Gasteiger partial charge in [-0.25, -0.2) is 9.97 Å². The molecule has 1 aliphatic carbocycles. The first kappa shape index (κ1) is 16.2. The fraction of sp³-hybridized carbons (Fsp3) is 0.778. The standard InChI is InChI=1S/C18H29N5O/c1-24-12-17-20-16(13-8-14(19)9-13)10-18(21-17)23-7-3-6-22-5-2-4-15(22)11-23/h10,13-15H,2-9,11-12,19H2,1H3/t13?,14?,15-/m0/s1. The Balaban J connectivity index is 1.58. The Morgan fingerprint density at radius 3 is 2.83 bits per heavy atom. The molecule has 6 nitrogen and oxygen atoms in total. The van der Waals surface area contributed by atoms with E-state index < -0.39 is 0 Å². The van der Waals surface area contributed by atoms with Crippen LogP contribution in [0.5, 0.6) is 0 Å². The van der Waals surface area contributed by atoms with Crippen LogP contribution in [0.2, 0.25) is 0 Å². The van der Waals surface area contributed by atoms with Crippen LogP contribution in [0.15, 0.2) is 6.07 Å². The summed E-state index contributed by atoms with van der Waals surface area (Å²) in [6.45, 7) is 5.14. The van der Waals surface area contributed by atoms with Crippen LogP contribution in [0.1, 0.15) is 49.5 Å². The molecule has 1 aromatic heterocycles. The Hall–Kier alpha value is -1.24. The molecule has 3 fully saturated rings. The van der Waals surface area contributed by atoms with E-state index in [9.17, 15) is 0 Å². The highest BCUT2D eigenvalue weighted by Gasteiger charge is 2.32. The second-order valence-corrected chi connectivity index (χ2v) is 7.56. The highest BCUT2D eigenvalue weighted by atomic mass is 16.5. The fourth-order valence-electron chi connectivity index (χ4n) is 4.39. The van der Waals surface area contributed by atoms with E-state index in [4.69, 9.17) is 20.4 Å². The summed E-state index contributed by atoms with van der Waals surface area (Å²) < 4.78 is 5.30. The van der Waals surface area contributed by atoms with E-state index >= 15 is 0 Å². The Morgan fingerprint density at radius 2 is 2.04 bits per heavy atom. The van der Waals surface area contributed by atoms with Gasteiger partial charge in [0, 0.05) is 56.5 Å². The summed E-state index contributed by atoms with van der Waals surface area (Å²) in [4.78, 5) is 14.7. The quantitative estimate of drug-likeness (QED) is 0.902. The van der Waals surface area contributed by atoms with E-state index in [1.165, 1.54) is 32.4 Å². The number of aromatic nitrogens is 2. The maximum atomic E-state index is 5.98. The van der Waals surface area contributed by atoms with Crippen LogP contribution in [0, 0.1) is 0 Å². The average Bonchev–Trinajstić information content (AvgIpc) is 2.89. The number of anilines is 1.